The Balaban J connectivity index is 1.70. The van der Waals surface area contributed by atoms with E-state index in [1.54, 1.807) is 12.1 Å². The Kier molecular flexibility index (Phi) is 6.74. The van der Waals surface area contributed by atoms with Crippen LogP contribution in [-0.4, -0.2) is 36.4 Å². The molecule has 28 heavy (non-hydrogen) atoms. The van der Waals surface area contributed by atoms with Gasteiger partial charge in [-0.15, -0.1) is 0 Å². The van der Waals surface area contributed by atoms with Crippen molar-refractivity contribution in [1.82, 2.24) is 10.2 Å². The van der Waals surface area contributed by atoms with Crippen molar-refractivity contribution in [3.63, 3.8) is 0 Å². The second-order valence-corrected chi connectivity index (χ2v) is 7.22. The van der Waals surface area contributed by atoms with Crippen molar-refractivity contribution in [2.75, 3.05) is 19.6 Å². The molecule has 2 heterocycles. The minimum Gasteiger partial charge on any atom is -0.454 e. The van der Waals surface area contributed by atoms with Crippen LogP contribution >= 0.6 is 0 Å². The molecule has 3 N–H and O–H groups in total. The van der Waals surface area contributed by atoms with E-state index in [9.17, 15) is 4.79 Å². The van der Waals surface area contributed by atoms with Crippen LogP contribution in [0.15, 0.2) is 51.9 Å². The van der Waals surface area contributed by atoms with Gasteiger partial charge in [0.25, 0.3) is 5.91 Å². The van der Waals surface area contributed by atoms with Crippen LogP contribution in [0.4, 0.5) is 0 Å². The topological polar surface area (TPSA) is 83.9 Å². The molecular formula is C22H30N4O2. The molecule has 1 aliphatic rings. The van der Waals surface area contributed by atoms with E-state index in [1.807, 2.05) is 0 Å². The van der Waals surface area contributed by atoms with E-state index < -0.39 is 5.91 Å². The van der Waals surface area contributed by atoms with Gasteiger partial charge >= 0.3 is 0 Å². The van der Waals surface area contributed by atoms with Gasteiger partial charge in [0.2, 0.25) is 0 Å². The number of amides is 1. The number of carbonyl (C=O) groups excluding carboxylic acids is 1. The molecule has 0 aliphatic carbocycles. The fraction of sp³-hybridized carbons (Fsp3) is 0.455. The third-order valence-corrected chi connectivity index (χ3v) is 5.41. The number of aliphatic imine (C=N–C) groups is 1. The SMILES string of the molecule is CCNC(=NCc1ccc(C(N)=O)o1)N1CCC(c2ccccc2)C(CC)C1. The summed E-state index contributed by atoms with van der Waals surface area (Å²) in [6, 6.07) is 14.2. The highest BCUT2D eigenvalue weighted by Gasteiger charge is 2.30. The molecule has 2 atom stereocenters. The summed E-state index contributed by atoms with van der Waals surface area (Å²) in [6.45, 7) is 7.47. The van der Waals surface area contributed by atoms with Crippen molar-refractivity contribution < 1.29 is 9.21 Å². The van der Waals surface area contributed by atoms with Gasteiger partial charge in [-0.2, -0.15) is 0 Å². The van der Waals surface area contributed by atoms with E-state index in [-0.39, 0.29) is 5.76 Å². The Morgan fingerprint density at radius 2 is 2.04 bits per heavy atom. The number of guanidine groups is 1. The first-order valence-electron chi connectivity index (χ1n) is 10.1. The zero-order valence-corrected chi connectivity index (χ0v) is 16.7. The van der Waals surface area contributed by atoms with Crippen LogP contribution in [0, 0.1) is 5.92 Å². The van der Waals surface area contributed by atoms with Crippen molar-refractivity contribution in [1.29, 1.82) is 0 Å². The second kappa shape index (κ2) is 9.44. The molecule has 3 rings (SSSR count). The zero-order valence-electron chi connectivity index (χ0n) is 16.7. The number of nitrogens with zero attached hydrogens (tertiary/aromatic N) is 2. The molecule has 0 bridgehead atoms. The summed E-state index contributed by atoms with van der Waals surface area (Å²) >= 11 is 0. The first-order chi connectivity index (χ1) is 13.6. The molecule has 1 fully saturated rings. The first kappa shape index (κ1) is 20.0. The van der Waals surface area contributed by atoms with Gasteiger partial charge in [0.15, 0.2) is 11.7 Å². The third-order valence-electron chi connectivity index (χ3n) is 5.41. The molecule has 1 saturated heterocycles. The van der Waals surface area contributed by atoms with Crippen molar-refractivity contribution in [2.45, 2.75) is 39.2 Å². The molecule has 2 aromatic rings. The van der Waals surface area contributed by atoms with Gasteiger partial charge in [0, 0.05) is 19.6 Å². The van der Waals surface area contributed by atoms with Crippen LogP contribution in [-0.2, 0) is 6.54 Å². The lowest BCUT2D eigenvalue weighted by Crippen LogP contribution is -2.48. The number of likely N-dealkylation sites (tertiary alicyclic amines) is 1. The van der Waals surface area contributed by atoms with Crippen molar-refractivity contribution in [3.8, 4) is 0 Å². The van der Waals surface area contributed by atoms with Gasteiger partial charge in [-0.1, -0.05) is 43.7 Å². The molecule has 1 aromatic heterocycles. The predicted octanol–water partition coefficient (Wildman–Crippen LogP) is 3.36. The van der Waals surface area contributed by atoms with E-state index >= 15 is 0 Å². The van der Waals surface area contributed by atoms with E-state index in [2.05, 4.69) is 54.4 Å². The molecule has 0 spiro atoms. The molecule has 6 nitrogen and oxygen atoms in total. The minimum atomic E-state index is -0.559. The number of carbonyl (C=O) groups is 1. The average Bonchev–Trinajstić information content (AvgIpc) is 3.21. The summed E-state index contributed by atoms with van der Waals surface area (Å²) < 4.78 is 5.45. The van der Waals surface area contributed by atoms with Gasteiger partial charge in [-0.05, 0) is 42.9 Å². The highest BCUT2D eigenvalue weighted by Crippen LogP contribution is 2.34. The van der Waals surface area contributed by atoms with Crippen LogP contribution in [0.25, 0.3) is 0 Å². The summed E-state index contributed by atoms with van der Waals surface area (Å²) in [5.74, 6) is 2.32. The largest absolute Gasteiger partial charge is 0.454 e. The van der Waals surface area contributed by atoms with E-state index in [4.69, 9.17) is 15.1 Å². The van der Waals surface area contributed by atoms with Gasteiger partial charge in [-0.3, -0.25) is 4.79 Å². The van der Waals surface area contributed by atoms with E-state index in [0.717, 1.165) is 38.4 Å². The number of primary amides is 1. The molecule has 6 heteroatoms. The number of nitrogens with one attached hydrogen (secondary N) is 1. The maximum Gasteiger partial charge on any atom is 0.284 e. The van der Waals surface area contributed by atoms with Crippen molar-refractivity contribution >= 4 is 11.9 Å². The summed E-state index contributed by atoms with van der Waals surface area (Å²) in [5.41, 5.74) is 6.69. The van der Waals surface area contributed by atoms with Gasteiger partial charge in [0.05, 0.1) is 0 Å². The van der Waals surface area contributed by atoms with Crippen LogP contribution in [0.1, 0.15) is 54.5 Å². The number of nitrogens with two attached hydrogens (primary N) is 1. The molecule has 2 unspecified atom stereocenters. The summed E-state index contributed by atoms with van der Waals surface area (Å²) in [5, 5.41) is 3.39. The molecule has 150 valence electrons. The average molecular weight is 383 g/mol. The Labute approximate surface area is 166 Å². The molecule has 0 radical (unpaired) electrons. The lowest BCUT2D eigenvalue weighted by Gasteiger charge is -2.40. The van der Waals surface area contributed by atoms with Crippen LogP contribution in [0.2, 0.25) is 0 Å². The summed E-state index contributed by atoms with van der Waals surface area (Å²) in [4.78, 5) is 18.3. The highest BCUT2D eigenvalue weighted by molar-refractivity contribution is 5.89. The smallest absolute Gasteiger partial charge is 0.284 e. The Morgan fingerprint density at radius 1 is 1.25 bits per heavy atom. The number of piperidine rings is 1. The fourth-order valence-electron chi connectivity index (χ4n) is 3.95. The van der Waals surface area contributed by atoms with E-state index in [1.165, 1.54) is 5.56 Å². The Hall–Kier alpha value is -2.76. The van der Waals surface area contributed by atoms with Crippen molar-refractivity contribution in [2.24, 2.45) is 16.6 Å². The Morgan fingerprint density at radius 3 is 2.68 bits per heavy atom. The number of hydrogen-bond acceptors (Lipinski definition) is 3. The van der Waals surface area contributed by atoms with Crippen LogP contribution in [0.3, 0.4) is 0 Å². The Bertz CT molecular complexity index is 800. The number of benzene rings is 1. The highest BCUT2D eigenvalue weighted by atomic mass is 16.3. The van der Waals surface area contributed by atoms with Crippen molar-refractivity contribution in [3.05, 3.63) is 59.5 Å². The standard InChI is InChI=1S/C22H30N4O2/c1-3-16-15-26(13-12-19(16)17-8-6-5-7-9-17)22(24-4-2)25-14-18-10-11-20(28-18)21(23)27/h5-11,16,19H,3-4,12-15H2,1-2H3,(H2,23,27)(H,24,25). The maximum atomic E-state index is 11.2. The lowest BCUT2D eigenvalue weighted by atomic mass is 9.79. The zero-order chi connectivity index (χ0) is 19.9. The summed E-state index contributed by atoms with van der Waals surface area (Å²) in [7, 11) is 0. The van der Waals surface area contributed by atoms with Gasteiger partial charge < -0.3 is 20.4 Å². The van der Waals surface area contributed by atoms with Crippen LogP contribution < -0.4 is 11.1 Å². The number of furan rings is 1. The second-order valence-electron chi connectivity index (χ2n) is 7.22. The minimum absolute atomic E-state index is 0.171. The predicted molar refractivity (Wildman–Crippen MR) is 111 cm³/mol. The van der Waals surface area contributed by atoms with Crippen LogP contribution in [0.5, 0.6) is 0 Å². The molecule has 1 amide bonds. The van der Waals surface area contributed by atoms with Gasteiger partial charge in [-0.25, -0.2) is 4.99 Å². The normalized spacial score (nSPS) is 20.2. The number of rotatable bonds is 6. The van der Waals surface area contributed by atoms with E-state index in [0.29, 0.717) is 24.1 Å². The monoisotopic (exact) mass is 382 g/mol. The quantitative estimate of drug-likeness (QED) is 0.593. The van der Waals surface area contributed by atoms with Gasteiger partial charge in [0.1, 0.15) is 12.3 Å². The summed E-state index contributed by atoms with van der Waals surface area (Å²) in [6.07, 6.45) is 2.25. The fourth-order valence-corrected chi connectivity index (χ4v) is 3.95. The molecule has 1 aromatic carbocycles. The first-order valence-corrected chi connectivity index (χ1v) is 10.1. The molecule has 1 aliphatic heterocycles. The molecular weight excluding hydrogens is 352 g/mol. The third kappa shape index (κ3) is 4.74. The molecule has 0 saturated carbocycles. The number of hydrogen-bond donors (Lipinski definition) is 2. The maximum absolute atomic E-state index is 11.2. The lowest BCUT2D eigenvalue weighted by molar-refractivity contribution is 0.0972.